The van der Waals surface area contributed by atoms with Crippen LogP contribution in [0.5, 0.6) is 0 Å². The van der Waals surface area contributed by atoms with Crippen molar-refractivity contribution in [1.82, 2.24) is 0 Å². The summed E-state index contributed by atoms with van der Waals surface area (Å²) in [5, 5.41) is 50.2. The van der Waals surface area contributed by atoms with E-state index in [0.717, 1.165) is 96.3 Å². The molecule has 12 nitrogen and oxygen atoms in total. The van der Waals surface area contributed by atoms with Gasteiger partial charge in [-0.05, 0) is 83.5 Å². The topological polar surface area (TPSA) is 192 Å². The van der Waals surface area contributed by atoms with E-state index >= 15 is 0 Å². The van der Waals surface area contributed by atoms with Gasteiger partial charge >= 0.3 is 13.8 Å². The van der Waals surface area contributed by atoms with Crippen molar-refractivity contribution in [1.29, 1.82) is 0 Å². The molecule has 13 heteroatoms. The molecule has 1 aliphatic carbocycles. The van der Waals surface area contributed by atoms with Crippen molar-refractivity contribution in [3.63, 3.8) is 0 Å². The minimum absolute atomic E-state index is 0.0945. The molecule has 0 radical (unpaired) electrons. The van der Waals surface area contributed by atoms with Gasteiger partial charge in [-0.15, -0.1) is 0 Å². The minimum Gasteiger partial charge on any atom is -0.457 e. The molecule has 0 aromatic carbocycles. The fourth-order valence-electron chi connectivity index (χ4n) is 6.79. The Morgan fingerprint density at radius 1 is 0.532 bits per heavy atom. The monoisotopic (exact) mass is 897 g/mol. The average molecular weight is 897 g/mol. The molecule has 0 spiro atoms. The molecule has 0 heterocycles. The summed E-state index contributed by atoms with van der Waals surface area (Å²) < 4.78 is 34.2. The van der Waals surface area contributed by atoms with Crippen molar-refractivity contribution in [3.05, 3.63) is 72.9 Å². The molecule has 0 saturated heterocycles. The van der Waals surface area contributed by atoms with Crippen LogP contribution in [0, 0.1) is 0 Å². The van der Waals surface area contributed by atoms with Crippen LogP contribution in [-0.2, 0) is 27.9 Å². The van der Waals surface area contributed by atoms with Gasteiger partial charge in [0.05, 0.1) is 13.2 Å². The van der Waals surface area contributed by atoms with Crippen LogP contribution in [-0.4, -0.2) is 98.9 Å². The predicted octanol–water partition coefficient (Wildman–Crippen LogP) is 9.97. The van der Waals surface area contributed by atoms with Crippen LogP contribution in [0.25, 0.3) is 0 Å². The first kappa shape index (κ1) is 57.8. The molecule has 62 heavy (non-hydrogen) atoms. The Balaban J connectivity index is 2.40. The molecule has 0 amide bonds. The number of aliphatic hydroxyl groups is 5. The highest BCUT2D eigenvalue weighted by atomic mass is 31.2. The SMILES string of the molecule is CC/C=C\C/C=C\C/C=C\CCCCCCCC(=O)OC(COCCCCCCCCC/C=C\C/C=C\C/C=C\CCCCC)COP(=O)(O)OC1C(O)C(O)C(O)C(O)C1O. The number of hydrogen-bond donors (Lipinski definition) is 6. The molecule has 0 aliphatic heterocycles. The van der Waals surface area contributed by atoms with Crippen molar-refractivity contribution in [2.45, 2.75) is 211 Å². The lowest BCUT2D eigenvalue weighted by Crippen LogP contribution is -2.64. The maximum absolute atomic E-state index is 12.8. The van der Waals surface area contributed by atoms with Gasteiger partial charge in [0.25, 0.3) is 0 Å². The maximum atomic E-state index is 12.8. The molecular weight excluding hydrogens is 812 g/mol. The highest BCUT2D eigenvalue weighted by molar-refractivity contribution is 7.47. The summed E-state index contributed by atoms with van der Waals surface area (Å²) in [5.41, 5.74) is 0. The van der Waals surface area contributed by atoms with E-state index in [4.69, 9.17) is 18.5 Å². The van der Waals surface area contributed by atoms with Crippen molar-refractivity contribution in [2.24, 2.45) is 0 Å². The summed E-state index contributed by atoms with van der Waals surface area (Å²) in [6, 6.07) is 0. The number of hydrogen-bond acceptors (Lipinski definition) is 11. The standard InChI is InChI=1S/C49H85O12P/c1-3-5-7-9-11-13-15-17-19-20-21-22-23-25-27-29-31-33-35-37-39-58-40-42(41-59-62(56,57)61-49-47(54)45(52)44(51)46(53)48(49)55)60-43(50)38-36-34-32-30-28-26-24-18-16-14-12-10-8-6-4-2/h6,8,11-14,17-19,21-22,24,42,44-49,51-55H,3-5,7,9-10,15-16,20,23,25-41H2,1-2H3,(H,56,57)/b8-6-,13-11-,14-12-,19-17-,22-21-,24-18-. The number of ether oxygens (including phenoxy) is 2. The molecule has 6 unspecified atom stereocenters. The van der Waals surface area contributed by atoms with Gasteiger partial charge in [-0.3, -0.25) is 13.8 Å². The molecule has 0 bridgehead atoms. The lowest BCUT2D eigenvalue weighted by molar-refractivity contribution is -0.220. The van der Waals surface area contributed by atoms with E-state index in [9.17, 15) is 39.8 Å². The summed E-state index contributed by atoms with van der Waals surface area (Å²) in [7, 11) is -5.03. The first-order valence-electron chi connectivity index (χ1n) is 23.8. The maximum Gasteiger partial charge on any atom is 0.472 e. The Hall–Kier alpha value is -2.22. The van der Waals surface area contributed by atoms with E-state index in [1.165, 1.54) is 44.9 Å². The second kappa shape index (κ2) is 39.2. The summed E-state index contributed by atoms with van der Waals surface area (Å²) >= 11 is 0. The first-order chi connectivity index (χ1) is 30.0. The average Bonchev–Trinajstić information content (AvgIpc) is 3.26. The summed E-state index contributed by atoms with van der Waals surface area (Å²) in [5.74, 6) is -0.501. The Morgan fingerprint density at radius 3 is 1.45 bits per heavy atom. The van der Waals surface area contributed by atoms with Gasteiger partial charge in [0.15, 0.2) is 0 Å². The molecule has 1 rings (SSSR count). The third kappa shape index (κ3) is 30.8. The first-order valence-corrected chi connectivity index (χ1v) is 25.3. The summed E-state index contributed by atoms with van der Waals surface area (Å²) in [6.45, 7) is 4.07. The van der Waals surface area contributed by atoms with E-state index in [-0.39, 0.29) is 13.0 Å². The molecule has 1 saturated carbocycles. The van der Waals surface area contributed by atoms with Gasteiger partial charge in [0.1, 0.15) is 42.7 Å². The number of rotatable bonds is 39. The zero-order valence-electron chi connectivity index (χ0n) is 38.1. The largest absolute Gasteiger partial charge is 0.472 e. The zero-order valence-corrected chi connectivity index (χ0v) is 39.0. The quantitative estimate of drug-likeness (QED) is 0.0148. The number of phosphoric acid groups is 1. The van der Waals surface area contributed by atoms with Crippen LogP contribution < -0.4 is 0 Å². The molecule has 1 fully saturated rings. The lowest BCUT2D eigenvalue weighted by Gasteiger charge is -2.41. The zero-order chi connectivity index (χ0) is 45.5. The summed E-state index contributed by atoms with van der Waals surface area (Å²) in [6.07, 6.45) is 38.2. The summed E-state index contributed by atoms with van der Waals surface area (Å²) in [4.78, 5) is 23.2. The second-order valence-electron chi connectivity index (χ2n) is 16.2. The van der Waals surface area contributed by atoms with Crippen molar-refractivity contribution in [3.8, 4) is 0 Å². The number of carbonyl (C=O) groups excluding carboxylic acids is 1. The number of unbranched alkanes of at least 4 members (excludes halogenated alkanes) is 15. The van der Waals surface area contributed by atoms with Crippen molar-refractivity contribution in [2.75, 3.05) is 19.8 Å². The third-order valence-electron chi connectivity index (χ3n) is 10.6. The van der Waals surface area contributed by atoms with Crippen LogP contribution in [0.4, 0.5) is 0 Å². The van der Waals surface area contributed by atoms with Gasteiger partial charge in [0, 0.05) is 13.0 Å². The third-order valence-corrected chi connectivity index (χ3v) is 11.5. The fraction of sp³-hybridized carbons (Fsp3) is 0.735. The van der Waals surface area contributed by atoms with Crippen LogP contribution in [0.2, 0.25) is 0 Å². The number of esters is 1. The predicted molar refractivity (Wildman–Crippen MR) is 248 cm³/mol. The van der Waals surface area contributed by atoms with E-state index in [1.807, 2.05) is 0 Å². The van der Waals surface area contributed by atoms with E-state index < -0.39 is 63.1 Å². The molecule has 0 aromatic heterocycles. The highest BCUT2D eigenvalue weighted by Crippen LogP contribution is 2.47. The van der Waals surface area contributed by atoms with E-state index in [1.54, 1.807) is 0 Å². The fourth-order valence-corrected chi connectivity index (χ4v) is 7.76. The Morgan fingerprint density at radius 2 is 0.952 bits per heavy atom. The number of carbonyl (C=O) groups is 1. The molecule has 6 atom stereocenters. The Bertz CT molecular complexity index is 1300. The molecule has 0 aromatic rings. The van der Waals surface area contributed by atoms with E-state index in [0.29, 0.717) is 13.0 Å². The van der Waals surface area contributed by atoms with Crippen molar-refractivity contribution < 1.29 is 58.3 Å². The van der Waals surface area contributed by atoms with E-state index in [2.05, 4.69) is 86.8 Å². The number of phosphoric ester groups is 1. The Labute approximate surface area is 374 Å². The molecule has 6 N–H and O–H groups in total. The van der Waals surface area contributed by atoms with Gasteiger partial charge in [-0.1, -0.05) is 151 Å². The Kier molecular flexibility index (Phi) is 36.5. The molecular formula is C49H85O12P. The smallest absolute Gasteiger partial charge is 0.457 e. The van der Waals surface area contributed by atoms with Crippen LogP contribution >= 0.6 is 7.82 Å². The van der Waals surface area contributed by atoms with Gasteiger partial charge in [0.2, 0.25) is 0 Å². The minimum atomic E-state index is -5.03. The molecule has 1 aliphatic rings. The molecule has 358 valence electrons. The van der Waals surface area contributed by atoms with Crippen molar-refractivity contribution >= 4 is 13.8 Å². The highest BCUT2D eigenvalue weighted by Gasteiger charge is 2.51. The van der Waals surface area contributed by atoms with Gasteiger partial charge in [-0.25, -0.2) is 4.57 Å². The normalized spacial score (nSPS) is 22.6. The van der Waals surface area contributed by atoms with Crippen LogP contribution in [0.15, 0.2) is 72.9 Å². The van der Waals surface area contributed by atoms with Crippen LogP contribution in [0.1, 0.15) is 168 Å². The second-order valence-corrected chi connectivity index (χ2v) is 17.6. The number of aliphatic hydroxyl groups excluding tert-OH is 5. The van der Waals surface area contributed by atoms with Crippen LogP contribution in [0.3, 0.4) is 0 Å². The van der Waals surface area contributed by atoms with Gasteiger partial charge < -0.3 is 39.9 Å². The lowest BCUT2D eigenvalue weighted by atomic mass is 9.85. The van der Waals surface area contributed by atoms with Gasteiger partial charge in [-0.2, -0.15) is 0 Å². The number of allylic oxidation sites excluding steroid dienone is 12.